The van der Waals surface area contributed by atoms with Crippen LogP contribution in [0.2, 0.25) is 0 Å². The van der Waals surface area contributed by atoms with Gasteiger partial charge in [-0.2, -0.15) is 0 Å². The first-order chi connectivity index (χ1) is 23.7. The molecule has 0 spiro atoms. The lowest BCUT2D eigenvalue weighted by atomic mass is 9.84. The topological polar surface area (TPSA) is 24.4 Å². The zero-order valence-corrected chi connectivity index (χ0v) is 27.3. The van der Waals surface area contributed by atoms with Crippen LogP contribution in [0.5, 0.6) is 0 Å². The van der Waals surface area contributed by atoms with E-state index in [0.717, 1.165) is 42.7 Å². The standard InChI is InChI=1S/C46H38N2/c1-31(44(41-20-10-11-21-42(41)47-2)36-27-26-33-15-12-28-48-43(33)30-36)29-32-22-24-35(25-23-32)46-39-18-8-6-16-37(39)45(34-13-4-3-5-14-34)38-17-7-9-19-40(38)46/h4,6-27,30,48H,2-3,5,28-29H2,1H3/b44-31-. The van der Waals surface area contributed by atoms with Gasteiger partial charge >= 0.3 is 0 Å². The molecule has 6 aromatic carbocycles. The van der Waals surface area contributed by atoms with Crippen molar-refractivity contribution in [3.63, 3.8) is 0 Å². The highest BCUT2D eigenvalue weighted by atomic mass is 14.9. The second-order valence-electron chi connectivity index (χ2n) is 12.8. The Bertz CT molecular complexity index is 2270. The summed E-state index contributed by atoms with van der Waals surface area (Å²) in [5, 5.41) is 8.74. The van der Waals surface area contributed by atoms with Crippen LogP contribution in [0.15, 0.2) is 150 Å². The molecule has 0 aromatic heterocycles. The van der Waals surface area contributed by atoms with E-state index in [9.17, 15) is 0 Å². The van der Waals surface area contributed by atoms with Gasteiger partial charge in [0.05, 0.1) is 5.69 Å². The van der Waals surface area contributed by atoms with Gasteiger partial charge in [0.1, 0.15) is 0 Å². The molecule has 0 saturated heterocycles. The maximum Gasteiger partial charge on any atom is 0.0700 e. The van der Waals surface area contributed by atoms with Gasteiger partial charge < -0.3 is 5.32 Å². The Hall–Kier alpha value is -5.73. The third-order valence-electron chi connectivity index (χ3n) is 9.75. The molecule has 232 valence electrons. The number of hydrogen-bond acceptors (Lipinski definition) is 2. The molecule has 0 radical (unpaired) electrons. The molecule has 8 rings (SSSR count). The Kier molecular flexibility index (Phi) is 7.92. The lowest BCUT2D eigenvalue weighted by molar-refractivity contribution is 1.04. The lowest BCUT2D eigenvalue weighted by Crippen LogP contribution is -2.05. The monoisotopic (exact) mass is 618 g/mol. The van der Waals surface area contributed by atoms with E-state index in [1.165, 1.54) is 71.6 Å². The summed E-state index contributed by atoms with van der Waals surface area (Å²) in [4.78, 5) is 4.41. The molecule has 1 aliphatic heterocycles. The molecule has 48 heavy (non-hydrogen) atoms. The summed E-state index contributed by atoms with van der Waals surface area (Å²) in [6.07, 6.45) is 14.4. The van der Waals surface area contributed by atoms with Gasteiger partial charge in [0.15, 0.2) is 0 Å². The number of rotatable bonds is 7. The van der Waals surface area contributed by atoms with Crippen molar-refractivity contribution in [2.45, 2.75) is 26.2 Å². The SMILES string of the molecule is C=Nc1ccccc1/C(=C(/C)Cc1ccc(-c2c3ccccc3c(C3=CCCC=C3)c3ccccc23)cc1)c1ccc2c(c1)NCC=C2. The maximum atomic E-state index is 4.41. The molecule has 1 heterocycles. The van der Waals surface area contributed by atoms with Gasteiger partial charge in [-0.1, -0.05) is 139 Å². The molecule has 6 aromatic rings. The zero-order valence-electron chi connectivity index (χ0n) is 27.3. The van der Waals surface area contributed by atoms with E-state index in [4.69, 9.17) is 0 Å². The minimum Gasteiger partial charge on any atom is -0.381 e. The van der Waals surface area contributed by atoms with Gasteiger partial charge in [0.25, 0.3) is 0 Å². The van der Waals surface area contributed by atoms with E-state index >= 15 is 0 Å². The van der Waals surface area contributed by atoms with Crippen molar-refractivity contribution in [3.8, 4) is 11.1 Å². The van der Waals surface area contributed by atoms with Crippen molar-refractivity contribution in [2.24, 2.45) is 4.99 Å². The Morgan fingerprint density at radius 3 is 2.08 bits per heavy atom. The molecule has 0 saturated carbocycles. The van der Waals surface area contributed by atoms with Crippen molar-refractivity contribution in [1.29, 1.82) is 0 Å². The van der Waals surface area contributed by atoms with Crippen LogP contribution < -0.4 is 5.32 Å². The largest absolute Gasteiger partial charge is 0.381 e. The fraction of sp³-hybridized carbons (Fsp3) is 0.109. The molecule has 2 nitrogen and oxygen atoms in total. The van der Waals surface area contributed by atoms with Crippen LogP contribution in [-0.2, 0) is 6.42 Å². The van der Waals surface area contributed by atoms with E-state index in [-0.39, 0.29) is 0 Å². The van der Waals surface area contributed by atoms with Crippen LogP contribution in [0, 0.1) is 0 Å². The molecule has 0 fully saturated rings. The minimum absolute atomic E-state index is 0.826. The fourth-order valence-corrected chi connectivity index (χ4v) is 7.55. The van der Waals surface area contributed by atoms with Crippen molar-refractivity contribution in [3.05, 3.63) is 173 Å². The molecule has 0 amide bonds. The number of para-hydroxylation sites is 1. The Morgan fingerprint density at radius 2 is 1.40 bits per heavy atom. The van der Waals surface area contributed by atoms with Gasteiger partial charge in [-0.3, -0.25) is 4.99 Å². The summed E-state index contributed by atoms with van der Waals surface area (Å²) in [6, 6.07) is 42.1. The Labute approximate surface area is 283 Å². The molecular weight excluding hydrogens is 581 g/mol. The Morgan fingerprint density at radius 1 is 0.708 bits per heavy atom. The van der Waals surface area contributed by atoms with E-state index in [1.807, 2.05) is 12.1 Å². The van der Waals surface area contributed by atoms with Gasteiger partial charge in [-0.05, 0) is 111 Å². The quantitative estimate of drug-likeness (QED) is 0.140. The van der Waals surface area contributed by atoms with Crippen LogP contribution >= 0.6 is 0 Å². The molecule has 2 heteroatoms. The van der Waals surface area contributed by atoms with Gasteiger partial charge in [-0.15, -0.1) is 0 Å². The van der Waals surface area contributed by atoms with Gasteiger partial charge in [-0.25, -0.2) is 0 Å². The maximum absolute atomic E-state index is 4.41. The van der Waals surface area contributed by atoms with Gasteiger partial charge in [0, 0.05) is 17.8 Å². The normalized spacial score (nSPS) is 14.3. The number of hydrogen-bond donors (Lipinski definition) is 1. The number of fused-ring (bicyclic) bond motifs is 3. The summed E-state index contributed by atoms with van der Waals surface area (Å²) in [5.41, 5.74) is 14.5. The highest BCUT2D eigenvalue weighted by Crippen LogP contribution is 2.43. The van der Waals surface area contributed by atoms with E-state index < -0.39 is 0 Å². The average molecular weight is 619 g/mol. The number of nitrogens with zero attached hydrogens (tertiary/aromatic N) is 1. The molecule has 0 atom stereocenters. The summed E-state index contributed by atoms with van der Waals surface area (Å²) >= 11 is 0. The van der Waals surface area contributed by atoms with E-state index in [2.05, 4.69) is 157 Å². The van der Waals surface area contributed by atoms with E-state index in [1.54, 1.807) is 0 Å². The minimum atomic E-state index is 0.826. The Balaban J connectivity index is 1.23. The number of benzene rings is 6. The number of anilines is 1. The van der Waals surface area contributed by atoms with Crippen molar-refractivity contribution >= 4 is 56.9 Å². The third-order valence-corrected chi connectivity index (χ3v) is 9.75. The van der Waals surface area contributed by atoms with Crippen molar-refractivity contribution < 1.29 is 0 Å². The highest BCUT2D eigenvalue weighted by Gasteiger charge is 2.18. The second kappa shape index (κ2) is 12.8. The van der Waals surface area contributed by atoms with Gasteiger partial charge in [0.2, 0.25) is 0 Å². The summed E-state index contributed by atoms with van der Waals surface area (Å²) < 4.78 is 0. The average Bonchev–Trinajstić information content (AvgIpc) is 3.15. The van der Waals surface area contributed by atoms with Crippen LogP contribution in [0.4, 0.5) is 11.4 Å². The number of allylic oxidation sites excluding steroid dienone is 5. The van der Waals surface area contributed by atoms with Crippen LogP contribution in [0.25, 0.3) is 49.9 Å². The molecule has 2 aliphatic rings. The smallest absolute Gasteiger partial charge is 0.0700 e. The summed E-state index contributed by atoms with van der Waals surface area (Å²) in [7, 11) is 0. The summed E-state index contributed by atoms with van der Waals surface area (Å²) in [5.74, 6) is 0. The molecule has 0 unspecified atom stereocenters. The first kappa shape index (κ1) is 29.7. The predicted molar refractivity (Wildman–Crippen MR) is 208 cm³/mol. The number of nitrogens with one attached hydrogen (secondary N) is 1. The fourth-order valence-electron chi connectivity index (χ4n) is 7.55. The lowest BCUT2D eigenvalue weighted by Gasteiger charge is -2.20. The van der Waals surface area contributed by atoms with Crippen LogP contribution in [0.1, 0.15) is 47.6 Å². The molecule has 1 aliphatic carbocycles. The van der Waals surface area contributed by atoms with Crippen LogP contribution in [-0.4, -0.2) is 13.3 Å². The van der Waals surface area contributed by atoms with E-state index in [0.29, 0.717) is 0 Å². The third kappa shape index (κ3) is 5.40. The van der Waals surface area contributed by atoms with Crippen molar-refractivity contribution in [1.82, 2.24) is 0 Å². The molecule has 1 N–H and O–H groups in total. The first-order valence-electron chi connectivity index (χ1n) is 16.9. The number of aliphatic imine (C=N–C) groups is 1. The molecule has 0 bridgehead atoms. The predicted octanol–water partition coefficient (Wildman–Crippen LogP) is 12.2. The summed E-state index contributed by atoms with van der Waals surface area (Å²) in [6.45, 7) is 6.99. The first-order valence-corrected chi connectivity index (χ1v) is 16.9. The van der Waals surface area contributed by atoms with Crippen molar-refractivity contribution in [2.75, 3.05) is 11.9 Å². The van der Waals surface area contributed by atoms with Crippen LogP contribution in [0.3, 0.4) is 0 Å². The zero-order chi connectivity index (χ0) is 32.5. The molecular formula is C46H38N2. The highest BCUT2D eigenvalue weighted by molar-refractivity contribution is 6.19. The second-order valence-corrected chi connectivity index (χ2v) is 12.8.